The largest absolute Gasteiger partial charge is 0.493 e. The lowest BCUT2D eigenvalue weighted by molar-refractivity contribution is -0.120. The minimum absolute atomic E-state index is 0.0700. The van der Waals surface area contributed by atoms with E-state index in [1.807, 2.05) is 19.9 Å². The van der Waals surface area contributed by atoms with Gasteiger partial charge < -0.3 is 19.6 Å². The van der Waals surface area contributed by atoms with E-state index in [0.29, 0.717) is 30.2 Å². The number of carbonyl (C=O) groups is 1. The Morgan fingerprint density at radius 1 is 1.24 bits per heavy atom. The standard InChI is InChI=1S/C23H28N4O6/c1-4-5-10-26-21(24)20(22(29)25-23(26)30)27(13-16-7-6-11-32-16)19(28)14-33-17-9-8-15(2)12-18(17)31-3/h6-9,11-12H,4-5,10,13-14,24H2,1-3H3,(H,25,29,30). The second-order valence-corrected chi connectivity index (χ2v) is 7.50. The molecule has 0 aliphatic rings. The quantitative estimate of drug-likeness (QED) is 0.479. The Labute approximate surface area is 190 Å². The van der Waals surface area contributed by atoms with Gasteiger partial charge in [-0.2, -0.15) is 0 Å². The van der Waals surface area contributed by atoms with Crippen LogP contribution in [0.1, 0.15) is 31.1 Å². The predicted molar refractivity (Wildman–Crippen MR) is 124 cm³/mol. The summed E-state index contributed by atoms with van der Waals surface area (Å²) >= 11 is 0. The number of anilines is 2. The molecule has 0 bridgehead atoms. The van der Waals surface area contributed by atoms with E-state index in [2.05, 4.69) is 4.98 Å². The molecule has 10 nitrogen and oxygen atoms in total. The minimum Gasteiger partial charge on any atom is -0.493 e. The molecule has 0 saturated heterocycles. The number of furan rings is 1. The van der Waals surface area contributed by atoms with Gasteiger partial charge in [-0.05, 0) is 43.2 Å². The Bertz CT molecular complexity index is 1210. The Morgan fingerprint density at radius 2 is 2.03 bits per heavy atom. The molecule has 3 rings (SSSR count). The molecule has 0 fully saturated rings. The highest BCUT2D eigenvalue weighted by Gasteiger charge is 2.26. The third-order valence-electron chi connectivity index (χ3n) is 5.08. The number of methoxy groups -OCH3 is 1. The molecular formula is C23H28N4O6. The summed E-state index contributed by atoms with van der Waals surface area (Å²) in [6.45, 7) is 3.72. The SMILES string of the molecule is CCCCn1c(N)c(N(Cc2ccco2)C(=O)COc2ccc(C)cc2OC)c(=O)[nH]c1=O. The lowest BCUT2D eigenvalue weighted by Crippen LogP contribution is -2.42. The van der Waals surface area contributed by atoms with Gasteiger partial charge in [0.2, 0.25) is 0 Å². The number of amides is 1. The zero-order chi connectivity index (χ0) is 24.0. The molecule has 1 amide bonds. The van der Waals surface area contributed by atoms with Gasteiger partial charge in [-0.25, -0.2) is 4.79 Å². The average molecular weight is 456 g/mol. The van der Waals surface area contributed by atoms with Crippen molar-refractivity contribution < 1.29 is 18.7 Å². The average Bonchev–Trinajstić information content (AvgIpc) is 3.30. The Hall–Kier alpha value is -3.95. The van der Waals surface area contributed by atoms with E-state index in [0.717, 1.165) is 16.9 Å². The molecule has 0 aliphatic carbocycles. The molecule has 3 N–H and O–H groups in total. The molecule has 176 valence electrons. The highest BCUT2D eigenvalue weighted by atomic mass is 16.5. The second kappa shape index (κ2) is 10.6. The van der Waals surface area contributed by atoms with E-state index >= 15 is 0 Å². The summed E-state index contributed by atoms with van der Waals surface area (Å²) in [6.07, 6.45) is 2.96. The van der Waals surface area contributed by atoms with Crippen LogP contribution in [-0.2, 0) is 17.9 Å². The van der Waals surface area contributed by atoms with Gasteiger partial charge in [0.1, 0.15) is 11.6 Å². The van der Waals surface area contributed by atoms with Crippen molar-refractivity contribution in [1.29, 1.82) is 0 Å². The van der Waals surface area contributed by atoms with E-state index in [1.54, 1.807) is 24.3 Å². The number of hydrogen-bond acceptors (Lipinski definition) is 7. The summed E-state index contributed by atoms with van der Waals surface area (Å²) in [6, 6.07) is 8.65. The Kier molecular flexibility index (Phi) is 7.60. The van der Waals surface area contributed by atoms with E-state index in [-0.39, 0.29) is 18.1 Å². The highest BCUT2D eigenvalue weighted by Crippen LogP contribution is 2.28. The number of benzene rings is 1. The van der Waals surface area contributed by atoms with Gasteiger partial charge >= 0.3 is 5.69 Å². The molecule has 0 radical (unpaired) electrons. The number of ether oxygens (including phenoxy) is 2. The monoisotopic (exact) mass is 456 g/mol. The summed E-state index contributed by atoms with van der Waals surface area (Å²) < 4.78 is 17.6. The van der Waals surface area contributed by atoms with Crippen LogP contribution in [0.2, 0.25) is 0 Å². The highest BCUT2D eigenvalue weighted by molar-refractivity contribution is 5.96. The number of H-pyrrole nitrogens is 1. The van der Waals surface area contributed by atoms with Gasteiger partial charge in [-0.15, -0.1) is 0 Å². The summed E-state index contributed by atoms with van der Waals surface area (Å²) in [5, 5.41) is 0. The van der Waals surface area contributed by atoms with Gasteiger partial charge in [0.05, 0.1) is 19.9 Å². The first-order valence-corrected chi connectivity index (χ1v) is 10.6. The Morgan fingerprint density at radius 3 is 2.70 bits per heavy atom. The van der Waals surface area contributed by atoms with Crippen molar-refractivity contribution in [3.05, 3.63) is 68.8 Å². The normalized spacial score (nSPS) is 10.8. The number of nitrogens with zero attached hydrogens (tertiary/aromatic N) is 2. The van der Waals surface area contributed by atoms with Crippen molar-refractivity contribution in [3.8, 4) is 11.5 Å². The van der Waals surface area contributed by atoms with Crippen LogP contribution in [0.25, 0.3) is 0 Å². The number of carbonyl (C=O) groups excluding carboxylic acids is 1. The molecule has 33 heavy (non-hydrogen) atoms. The number of aromatic nitrogens is 2. The molecule has 0 spiro atoms. The zero-order valence-electron chi connectivity index (χ0n) is 18.9. The smallest absolute Gasteiger partial charge is 0.330 e. The molecule has 10 heteroatoms. The molecule has 3 aromatic rings. The zero-order valence-corrected chi connectivity index (χ0v) is 18.9. The fraction of sp³-hybridized carbons (Fsp3) is 0.348. The lowest BCUT2D eigenvalue weighted by Gasteiger charge is -2.24. The fourth-order valence-corrected chi connectivity index (χ4v) is 3.34. The minimum atomic E-state index is -0.766. The van der Waals surface area contributed by atoms with Gasteiger partial charge in [0, 0.05) is 6.54 Å². The number of rotatable bonds is 10. The van der Waals surface area contributed by atoms with E-state index in [1.165, 1.54) is 17.9 Å². The van der Waals surface area contributed by atoms with Gasteiger partial charge in [0.25, 0.3) is 11.5 Å². The fourth-order valence-electron chi connectivity index (χ4n) is 3.34. The van der Waals surface area contributed by atoms with Crippen LogP contribution in [0.5, 0.6) is 11.5 Å². The maximum Gasteiger partial charge on any atom is 0.330 e. The number of nitrogens with two attached hydrogens (primary N) is 1. The molecule has 2 aromatic heterocycles. The number of aryl methyl sites for hydroxylation is 1. The van der Waals surface area contributed by atoms with E-state index < -0.39 is 23.8 Å². The van der Waals surface area contributed by atoms with Crippen molar-refractivity contribution in [2.45, 2.75) is 39.8 Å². The van der Waals surface area contributed by atoms with Gasteiger partial charge in [-0.3, -0.25) is 24.0 Å². The molecule has 1 aromatic carbocycles. The molecule has 0 saturated carbocycles. The van der Waals surface area contributed by atoms with Crippen LogP contribution >= 0.6 is 0 Å². The first-order chi connectivity index (χ1) is 15.8. The second-order valence-electron chi connectivity index (χ2n) is 7.50. The topological polar surface area (TPSA) is 133 Å². The number of unbranched alkanes of at least 4 members (excludes halogenated alkanes) is 1. The van der Waals surface area contributed by atoms with Crippen LogP contribution < -0.4 is 31.4 Å². The summed E-state index contributed by atoms with van der Waals surface area (Å²) in [4.78, 5) is 41.7. The van der Waals surface area contributed by atoms with Crippen molar-refractivity contribution in [2.75, 3.05) is 24.4 Å². The van der Waals surface area contributed by atoms with Crippen LogP contribution in [0.3, 0.4) is 0 Å². The molecular weight excluding hydrogens is 428 g/mol. The third-order valence-corrected chi connectivity index (χ3v) is 5.08. The van der Waals surface area contributed by atoms with Crippen LogP contribution in [-0.4, -0.2) is 29.2 Å². The predicted octanol–water partition coefficient (Wildman–Crippen LogP) is 2.44. The van der Waals surface area contributed by atoms with Crippen molar-refractivity contribution in [2.24, 2.45) is 0 Å². The van der Waals surface area contributed by atoms with Crippen LogP contribution in [0.4, 0.5) is 11.5 Å². The molecule has 0 atom stereocenters. The van der Waals surface area contributed by atoms with Crippen LogP contribution in [0.15, 0.2) is 50.6 Å². The van der Waals surface area contributed by atoms with Crippen molar-refractivity contribution >= 4 is 17.4 Å². The van der Waals surface area contributed by atoms with Crippen molar-refractivity contribution in [1.82, 2.24) is 9.55 Å². The van der Waals surface area contributed by atoms with Crippen molar-refractivity contribution in [3.63, 3.8) is 0 Å². The number of nitrogens with one attached hydrogen (secondary N) is 1. The maximum absolute atomic E-state index is 13.2. The summed E-state index contributed by atoms with van der Waals surface area (Å²) in [5.41, 5.74) is 5.67. The van der Waals surface area contributed by atoms with Gasteiger partial charge in [-0.1, -0.05) is 19.4 Å². The number of hydrogen-bond donors (Lipinski definition) is 2. The third kappa shape index (κ3) is 5.46. The van der Waals surface area contributed by atoms with E-state index in [4.69, 9.17) is 19.6 Å². The first kappa shape index (κ1) is 23.7. The Balaban J connectivity index is 1.96. The first-order valence-electron chi connectivity index (χ1n) is 10.6. The molecule has 2 heterocycles. The van der Waals surface area contributed by atoms with E-state index in [9.17, 15) is 14.4 Å². The number of nitrogen functional groups attached to an aromatic ring is 1. The molecule has 0 unspecified atom stereocenters. The summed E-state index contributed by atoms with van der Waals surface area (Å²) in [7, 11) is 1.51. The summed E-state index contributed by atoms with van der Waals surface area (Å²) in [5.74, 6) is 0.647. The maximum atomic E-state index is 13.2. The van der Waals surface area contributed by atoms with Crippen LogP contribution in [0, 0.1) is 6.92 Å². The number of aromatic amines is 1. The van der Waals surface area contributed by atoms with Gasteiger partial charge in [0.15, 0.2) is 23.8 Å². The lowest BCUT2D eigenvalue weighted by atomic mass is 10.2. The molecule has 0 aliphatic heterocycles.